The van der Waals surface area contributed by atoms with E-state index in [1.807, 2.05) is 24.3 Å². The molecule has 0 saturated heterocycles. The molecule has 1 aromatic heterocycles. The van der Waals surface area contributed by atoms with Gasteiger partial charge in [0.1, 0.15) is 11.1 Å². The monoisotopic (exact) mass is 261 g/mol. The lowest BCUT2D eigenvalue weighted by molar-refractivity contribution is 0.488. The summed E-state index contributed by atoms with van der Waals surface area (Å²) in [5.74, 6) is 0.849. The van der Waals surface area contributed by atoms with Crippen LogP contribution in [0.5, 0.6) is 0 Å². The highest BCUT2D eigenvalue weighted by Crippen LogP contribution is 2.24. The van der Waals surface area contributed by atoms with Gasteiger partial charge < -0.3 is 10.2 Å². The van der Waals surface area contributed by atoms with Crippen molar-refractivity contribution in [2.24, 2.45) is 5.73 Å². The Morgan fingerprint density at radius 1 is 1.50 bits per heavy atom. The zero-order chi connectivity index (χ0) is 13.0. The molecule has 1 unspecified atom stereocenters. The largest absolute Gasteiger partial charge is 0.431 e. The van der Waals surface area contributed by atoms with Crippen LogP contribution in [0.15, 0.2) is 33.9 Å². The van der Waals surface area contributed by atoms with E-state index in [1.165, 1.54) is 0 Å². The van der Waals surface area contributed by atoms with Crippen molar-refractivity contribution in [3.05, 3.63) is 24.3 Å². The molecule has 1 heterocycles. The maximum atomic E-state index is 8.79. The summed E-state index contributed by atoms with van der Waals surface area (Å²) in [6.45, 7) is 1.75. The number of hydrogen-bond donors (Lipinski definition) is 1. The summed E-state index contributed by atoms with van der Waals surface area (Å²) in [5.41, 5.74) is 6.69. The van der Waals surface area contributed by atoms with Crippen LogP contribution in [0.3, 0.4) is 0 Å². The number of oxazole rings is 1. The molecule has 18 heavy (non-hydrogen) atoms. The van der Waals surface area contributed by atoms with Crippen LogP contribution in [0.4, 0.5) is 0 Å². The van der Waals surface area contributed by atoms with Crippen molar-refractivity contribution in [1.29, 1.82) is 5.26 Å². The molecule has 0 bridgehead atoms. The zero-order valence-corrected chi connectivity index (χ0v) is 11.0. The van der Waals surface area contributed by atoms with Crippen LogP contribution < -0.4 is 5.73 Å². The van der Waals surface area contributed by atoms with Crippen LogP contribution in [-0.2, 0) is 0 Å². The van der Waals surface area contributed by atoms with E-state index in [0.29, 0.717) is 11.6 Å². The molecule has 2 N–H and O–H groups in total. The van der Waals surface area contributed by atoms with E-state index in [-0.39, 0.29) is 0 Å². The summed E-state index contributed by atoms with van der Waals surface area (Å²) in [6, 6.07) is 9.78. The van der Waals surface area contributed by atoms with Gasteiger partial charge in [0, 0.05) is 5.75 Å². The maximum Gasteiger partial charge on any atom is 0.256 e. The Kier molecular flexibility index (Phi) is 3.90. The van der Waals surface area contributed by atoms with E-state index < -0.39 is 5.54 Å². The lowest BCUT2D eigenvalue weighted by atomic mass is 10.0. The Balaban J connectivity index is 1.86. The Hall–Kier alpha value is -1.51. The predicted molar refractivity (Wildman–Crippen MR) is 72.2 cm³/mol. The van der Waals surface area contributed by atoms with Gasteiger partial charge in [-0.1, -0.05) is 23.9 Å². The molecular weight excluding hydrogens is 246 g/mol. The Labute approximate surface area is 110 Å². The molecular formula is C13H15N3OS. The van der Waals surface area contributed by atoms with E-state index in [2.05, 4.69) is 11.1 Å². The van der Waals surface area contributed by atoms with Crippen molar-refractivity contribution in [3.63, 3.8) is 0 Å². The van der Waals surface area contributed by atoms with Crippen LogP contribution >= 0.6 is 11.8 Å². The molecule has 0 spiro atoms. The molecule has 0 radical (unpaired) electrons. The van der Waals surface area contributed by atoms with Crippen LogP contribution in [0, 0.1) is 11.3 Å². The second kappa shape index (κ2) is 5.42. The summed E-state index contributed by atoms with van der Waals surface area (Å²) < 4.78 is 5.58. The number of hydrogen-bond acceptors (Lipinski definition) is 5. The van der Waals surface area contributed by atoms with Gasteiger partial charge in [-0.15, -0.1) is 0 Å². The standard InChI is InChI=1S/C13H15N3OS/c1-13(15,9-14)7-4-8-18-12-16-10-5-2-3-6-11(10)17-12/h2-3,5-6H,4,7-8,15H2,1H3. The molecule has 0 aliphatic rings. The maximum absolute atomic E-state index is 8.79. The average molecular weight is 261 g/mol. The Morgan fingerprint density at radius 3 is 3.00 bits per heavy atom. The highest BCUT2D eigenvalue weighted by atomic mass is 32.2. The lowest BCUT2D eigenvalue weighted by Crippen LogP contribution is -2.33. The van der Waals surface area contributed by atoms with Crippen molar-refractivity contribution < 1.29 is 4.42 Å². The molecule has 2 rings (SSSR count). The average Bonchev–Trinajstić information content (AvgIpc) is 2.77. The third-order valence-electron chi connectivity index (χ3n) is 2.60. The SMILES string of the molecule is CC(N)(C#N)CCCSc1nc2ccccc2o1. The smallest absolute Gasteiger partial charge is 0.256 e. The van der Waals surface area contributed by atoms with Gasteiger partial charge in [0.25, 0.3) is 5.22 Å². The summed E-state index contributed by atoms with van der Waals surface area (Å²) in [6.07, 6.45) is 1.54. The number of nitrogens with two attached hydrogens (primary N) is 1. The number of thioether (sulfide) groups is 1. The van der Waals surface area contributed by atoms with Gasteiger partial charge >= 0.3 is 0 Å². The summed E-state index contributed by atoms with van der Waals surface area (Å²) in [7, 11) is 0. The van der Waals surface area contributed by atoms with Crippen molar-refractivity contribution in [2.75, 3.05) is 5.75 Å². The Bertz CT molecular complexity index is 538. The van der Waals surface area contributed by atoms with Gasteiger partial charge in [-0.2, -0.15) is 5.26 Å². The van der Waals surface area contributed by atoms with Crippen molar-refractivity contribution in [3.8, 4) is 6.07 Å². The van der Waals surface area contributed by atoms with E-state index in [4.69, 9.17) is 15.4 Å². The molecule has 0 fully saturated rings. The fourth-order valence-electron chi connectivity index (χ4n) is 1.57. The normalized spacial score (nSPS) is 14.3. The fraction of sp³-hybridized carbons (Fsp3) is 0.385. The highest BCUT2D eigenvalue weighted by Gasteiger charge is 2.16. The molecule has 0 aliphatic heterocycles. The minimum absolute atomic E-state index is 0.673. The van der Waals surface area contributed by atoms with Gasteiger partial charge in [-0.25, -0.2) is 4.98 Å². The first-order valence-corrected chi connectivity index (χ1v) is 6.78. The Morgan fingerprint density at radius 2 is 2.28 bits per heavy atom. The minimum Gasteiger partial charge on any atom is -0.431 e. The molecule has 94 valence electrons. The third kappa shape index (κ3) is 3.25. The summed E-state index contributed by atoms with van der Waals surface area (Å²) in [5, 5.41) is 9.47. The molecule has 1 atom stereocenters. The van der Waals surface area contributed by atoms with Gasteiger partial charge in [-0.05, 0) is 31.9 Å². The highest BCUT2D eigenvalue weighted by molar-refractivity contribution is 7.99. The second-order valence-corrected chi connectivity index (χ2v) is 5.47. The number of rotatable bonds is 5. The fourth-order valence-corrected chi connectivity index (χ4v) is 2.34. The zero-order valence-electron chi connectivity index (χ0n) is 10.2. The van der Waals surface area contributed by atoms with Crippen LogP contribution in [0.1, 0.15) is 19.8 Å². The van der Waals surface area contributed by atoms with Crippen LogP contribution in [0.2, 0.25) is 0 Å². The predicted octanol–water partition coefficient (Wildman–Crippen LogP) is 2.94. The van der Waals surface area contributed by atoms with Gasteiger partial charge in [0.15, 0.2) is 5.58 Å². The molecule has 0 aliphatic carbocycles. The molecule has 4 nitrogen and oxygen atoms in total. The summed E-state index contributed by atoms with van der Waals surface area (Å²) >= 11 is 1.55. The first-order chi connectivity index (χ1) is 8.61. The number of aromatic nitrogens is 1. The van der Waals surface area contributed by atoms with Gasteiger partial charge in [-0.3, -0.25) is 0 Å². The number of nitriles is 1. The molecule has 0 saturated carbocycles. The van der Waals surface area contributed by atoms with E-state index in [9.17, 15) is 0 Å². The van der Waals surface area contributed by atoms with Gasteiger partial charge in [0.2, 0.25) is 0 Å². The number of fused-ring (bicyclic) bond motifs is 1. The number of benzene rings is 1. The van der Waals surface area contributed by atoms with Gasteiger partial charge in [0.05, 0.1) is 6.07 Å². The lowest BCUT2D eigenvalue weighted by Gasteiger charge is -2.13. The minimum atomic E-state index is -0.734. The summed E-state index contributed by atoms with van der Waals surface area (Å²) in [4.78, 5) is 4.37. The first-order valence-electron chi connectivity index (χ1n) is 5.79. The van der Waals surface area contributed by atoms with Crippen molar-refractivity contribution in [2.45, 2.75) is 30.5 Å². The molecule has 5 heteroatoms. The van der Waals surface area contributed by atoms with Crippen molar-refractivity contribution >= 4 is 22.9 Å². The van der Waals surface area contributed by atoms with Crippen molar-refractivity contribution in [1.82, 2.24) is 4.98 Å². The van der Waals surface area contributed by atoms with E-state index >= 15 is 0 Å². The number of nitrogens with zero attached hydrogens (tertiary/aromatic N) is 2. The first kappa shape index (κ1) is 12.9. The van der Waals surface area contributed by atoms with Crippen LogP contribution in [-0.4, -0.2) is 16.3 Å². The molecule has 2 aromatic rings. The van der Waals surface area contributed by atoms with E-state index in [0.717, 1.165) is 23.3 Å². The topological polar surface area (TPSA) is 75.8 Å². The van der Waals surface area contributed by atoms with Crippen LogP contribution in [0.25, 0.3) is 11.1 Å². The number of para-hydroxylation sites is 2. The molecule has 1 aromatic carbocycles. The van der Waals surface area contributed by atoms with E-state index in [1.54, 1.807) is 18.7 Å². The quantitative estimate of drug-likeness (QED) is 0.661. The second-order valence-electron chi connectivity index (χ2n) is 4.43. The third-order valence-corrected chi connectivity index (χ3v) is 3.51. The molecule has 0 amide bonds.